The second-order valence-electron chi connectivity index (χ2n) is 6.89. The zero-order valence-electron chi connectivity index (χ0n) is 16.2. The molecule has 2 N–H and O–H groups in total. The van der Waals surface area contributed by atoms with Gasteiger partial charge in [-0.15, -0.1) is 13.2 Å². The maximum atomic E-state index is 13.0. The molecule has 0 unspecified atom stereocenters. The molecule has 0 aliphatic carbocycles. The molecule has 1 saturated heterocycles. The lowest BCUT2D eigenvalue weighted by Gasteiger charge is -2.38. The van der Waals surface area contributed by atoms with E-state index in [4.69, 9.17) is 0 Å². The molecule has 1 aliphatic rings. The predicted molar refractivity (Wildman–Crippen MR) is 105 cm³/mol. The van der Waals surface area contributed by atoms with Gasteiger partial charge in [0, 0.05) is 25.8 Å². The molecular formula is C18H16F3N5O5S. The van der Waals surface area contributed by atoms with Gasteiger partial charge in [-0.2, -0.15) is 4.31 Å². The third kappa shape index (κ3) is 4.31. The highest BCUT2D eigenvalue weighted by molar-refractivity contribution is 7.89. The van der Waals surface area contributed by atoms with Crippen LogP contribution in [0, 0.1) is 0 Å². The van der Waals surface area contributed by atoms with E-state index in [0.717, 1.165) is 28.6 Å². The number of nitrogens with one attached hydrogen (secondary N) is 1. The van der Waals surface area contributed by atoms with E-state index in [2.05, 4.69) is 19.7 Å². The van der Waals surface area contributed by atoms with Gasteiger partial charge in [-0.1, -0.05) is 0 Å². The van der Waals surface area contributed by atoms with Gasteiger partial charge in [-0.05, 0) is 30.3 Å². The van der Waals surface area contributed by atoms with Crippen LogP contribution in [-0.4, -0.2) is 70.8 Å². The van der Waals surface area contributed by atoms with Gasteiger partial charge in [-0.3, -0.25) is 9.78 Å². The summed E-state index contributed by atoms with van der Waals surface area (Å²) in [6.45, 7) is -0.210. The predicted octanol–water partition coefficient (Wildman–Crippen LogP) is 1.82. The van der Waals surface area contributed by atoms with Crippen LogP contribution >= 0.6 is 0 Å². The number of piperazine rings is 1. The van der Waals surface area contributed by atoms with Gasteiger partial charge in [0.15, 0.2) is 0 Å². The summed E-state index contributed by atoms with van der Waals surface area (Å²) in [5, 5.41) is 9.68. The Hall–Kier alpha value is -3.39. The number of carbonyl (C=O) groups is 1. The molecule has 4 rings (SSSR count). The van der Waals surface area contributed by atoms with Crippen LogP contribution < -0.4 is 9.64 Å². The van der Waals surface area contributed by atoms with Crippen molar-refractivity contribution in [1.29, 1.82) is 0 Å². The van der Waals surface area contributed by atoms with Crippen molar-refractivity contribution in [3.8, 4) is 5.75 Å². The first-order chi connectivity index (χ1) is 15.0. The first-order valence-corrected chi connectivity index (χ1v) is 10.6. The second kappa shape index (κ2) is 7.94. The van der Waals surface area contributed by atoms with Gasteiger partial charge in [0.1, 0.15) is 11.8 Å². The Morgan fingerprint density at radius 1 is 1.19 bits per heavy atom. The third-order valence-corrected chi connectivity index (χ3v) is 6.77. The molecule has 1 aromatic carbocycles. The number of benzene rings is 1. The van der Waals surface area contributed by atoms with Crippen LogP contribution in [0.1, 0.15) is 0 Å². The average molecular weight is 471 g/mol. The summed E-state index contributed by atoms with van der Waals surface area (Å²) < 4.78 is 67.6. The minimum absolute atomic E-state index is 0.144. The normalized spacial score (nSPS) is 18.1. The van der Waals surface area contributed by atoms with E-state index < -0.39 is 34.1 Å². The van der Waals surface area contributed by atoms with Gasteiger partial charge in [0.05, 0.1) is 22.1 Å². The number of imidazole rings is 1. The van der Waals surface area contributed by atoms with E-state index in [9.17, 15) is 31.5 Å². The monoisotopic (exact) mass is 471 g/mol. The SMILES string of the molecule is O=C(O)[C@H]1CN(c2nc3ccncc3[nH]2)CCN1S(=O)(=O)c1ccc(OC(F)(F)F)cc1. The molecule has 0 amide bonds. The van der Waals surface area contributed by atoms with Crippen LogP contribution in [-0.2, 0) is 14.8 Å². The molecule has 32 heavy (non-hydrogen) atoms. The van der Waals surface area contributed by atoms with Crippen LogP contribution in [0.5, 0.6) is 5.75 Å². The molecule has 2 aromatic heterocycles. The zero-order chi connectivity index (χ0) is 23.1. The summed E-state index contributed by atoms with van der Waals surface area (Å²) in [6.07, 6.45) is -1.80. The summed E-state index contributed by atoms with van der Waals surface area (Å²) >= 11 is 0. The third-order valence-electron chi connectivity index (χ3n) is 4.85. The quantitative estimate of drug-likeness (QED) is 0.577. The van der Waals surface area contributed by atoms with Crippen molar-refractivity contribution in [3.63, 3.8) is 0 Å². The topological polar surface area (TPSA) is 129 Å². The maximum Gasteiger partial charge on any atom is 0.573 e. The molecule has 0 bridgehead atoms. The number of H-pyrrole nitrogens is 1. The minimum Gasteiger partial charge on any atom is -0.480 e. The number of fused-ring (bicyclic) bond motifs is 1. The molecular weight excluding hydrogens is 455 g/mol. The Bertz CT molecular complexity index is 1210. The van der Waals surface area contributed by atoms with Crippen LogP contribution in [0.25, 0.3) is 11.0 Å². The largest absolute Gasteiger partial charge is 0.573 e. The van der Waals surface area contributed by atoms with Crippen molar-refractivity contribution < 1.29 is 36.2 Å². The number of rotatable bonds is 5. The van der Waals surface area contributed by atoms with Crippen LogP contribution in [0.4, 0.5) is 19.1 Å². The van der Waals surface area contributed by atoms with Gasteiger partial charge in [-0.25, -0.2) is 13.4 Å². The highest BCUT2D eigenvalue weighted by Crippen LogP contribution is 2.28. The van der Waals surface area contributed by atoms with Crippen molar-refractivity contribution in [2.24, 2.45) is 0 Å². The smallest absolute Gasteiger partial charge is 0.480 e. The molecule has 14 heteroatoms. The molecule has 1 aliphatic heterocycles. The second-order valence-corrected chi connectivity index (χ2v) is 8.78. The van der Waals surface area contributed by atoms with Crippen molar-refractivity contribution >= 4 is 33.0 Å². The number of aromatic amines is 1. The van der Waals surface area contributed by atoms with Crippen molar-refractivity contribution in [1.82, 2.24) is 19.3 Å². The number of pyridine rings is 1. The van der Waals surface area contributed by atoms with Gasteiger partial charge < -0.3 is 19.7 Å². The molecule has 0 spiro atoms. The fourth-order valence-corrected chi connectivity index (χ4v) is 4.95. The fraction of sp³-hybridized carbons (Fsp3) is 0.278. The molecule has 170 valence electrons. The molecule has 1 fully saturated rings. The van der Waals surface area contributed by atoms with Gasteiger partial charge >= 0.3 is 12.3 Å². The number of anilines is 1. The highest BCUT2D eigenvalue weighted by Gasteiger charge is 2.41. The maximum absolute atomic E-state index is 13.0. The molecule has 0 saturated carbocycles. The number of carboxylic acids is 1. The Kier molecular flexibility index (Phi) is 5.42. The first kappa shape index (κ1) is 21.8. The van der Waals surface area contributed by atoms with Crippen molar-refractivity contribution in [3.05, 3.63) is 42.7 Å². The summed E-state index contributed by atoms with van der Waals surface area (Å²) in [7, 11) is -4.30. The standard InChI is InChI=1S/C18H16F3N5O5S/c19-18(20,21)31-11-1-3-12(4-2-11)32(29,30)26-8-7-25(10-15(26)16(27)28)17-23-13-5-6-22-9-14(13)24-17/h1-6,9,15H,7-8,10H2,(H,23,24)(H,27,28)/t15-/m1/s1. The Labute approximate surface area is 179 Å². The number of aromatic nitrogens is 3. The van der Waals surface area contributed by atoms with Gasteiger partial charge in [0.2, 0.25) is 16.0 Å². The fourth-order valence-electron chi connectivity index (χ4n) is 3.39. The summed E-state index contributed by atoms with van der Waals surface area (Å²) in [4.78, 5) is 24.5. The number of sulfonamides is 1. The highest BCUT2D eigenvalue weighted by atomic mass is 32.2. The van der Waals surface area contributed by atoms with Crippen LogP contribution in [0.15, 0.2) is 47.6 Å². The molecule has 10 nitrogen and oxygen atoms in total. The number of alkyl halides is 3. The summed E-state index contributed by atoms with van der Waals surface area (Å²) in [6, 6.07) is 3.83. The molecule has 1 atom stereocenters. The summed E-state index contributed by atoms with van der Waals surface area (Å²) in [5.41, 5.74) is 1.27. The number of carboxylic acid groups (broad SMARTS) is 1. The molecule has 3 aromatic rings. The van der Waals surface area contributed by atoms with E-state index in [1.54, 1.807) is 23.4 Å². The Morgan fingerprint density at radius 3 is 2.53 bits per heavy atom. The van der Waals surface area contributed by atoms with Crippen LogP contribution in [0.2, 0.25) is 0 Å². The van der Waals surface area contributed by atoms with E-state index in [1.165, 1.54) is 0 Å². The number of hydrogen-bond acceptors (Lipinski definition) is 7. The van der Waals surface area contributed by atoms with E-state index in [0.29, 0.717) is 17.0 Å². The lowest BCUT2D eigenvalue weighted by atomic mass is 10.2. The zero-order valence-corrected chi connectivity index (χ0v) is 17.0. The lowest BCUT2D eigenvalue weighted by molar-refractivity contribution is -0.274. The number of ether oxygens (including phenoxy) is 1. The van der Waals surface area contributed by atoms with E-state index in [1.807, 2.05) is 0 Å². The van der Waals surface area contributed by atoms with Crippen molar-refractivity contribution in [2.45, 2.75) is 17.3 Å². The number of hydrogen-bond donors (Lipinski definition) is 2. The average Bonchev–Trinajstić information content (AvgIpc) is 3.17. The number of nitrogens with zero attached hydrogens (tertiary/aromatic N) is 4. The molecule has 0 radical (unpaired) electrons. The lowest BCUT2D eigenvalue weighted by Crippen LogP contribution is -2.58. The number of halogens is 3. The van der Waals surface area contributed by atoms with Gasteiger partial charge in [0.25, 0.3) is 0 Å². The van der Waals surface area contributed by atoms with E-state index in [-0.39, 0.29) is 24.5 Å². The van der Waals surface area contributed by atoms with Crippen molar-refractivity contribution in [2.75, 3.05) is 24.5 Å². The molecule has 3 heterocycles. The van der Waals surface area contributed by atoms with Crippen LogP contribution in [0.3, 0.4) is 0 Å². The van der Waals surface area contributed by atoms with E-state index >= 15 is 0 Å². The summed E-state index contributed by atoms with van der Waals surface area (Å²) in [5.74, 6) is -1.58. The first-order valence-electron chi connectivity index (χ1n) is 9.20. The number of aliphatic carboxylic acids is 1. The Balaban J connectivity index is 1.57. The minimum atomic E-state index is -4.92. The Morgan fingerprint density at radius 2 is 1.91 bits per heavy atom.